The van der Waals surface area contributed by atoms with Crippen molar-refractivity contribution in [3.63, 3.8) is 0 Å². The van der Waals surface area contributed by atoms with Crippen LogP contribution < -0.4 is 4.90 Å². The van der Waals surface area contributed by atoms with Gasteiger partial charge in [-0.3, -0.25) is 15.7 Å². The van der Waals surface area contributed by atoms with E-state index in [4.69, 9.17) is 0 Å². The number of amidine groups is 2. The molecular formula is C52H36N6. The summed E-state index contributed by atoms with van der Waals surface area (Å²) < 4.78 is 7.01. The number of hydrogen-bond acceptors (Lipinski definition) is 2. The quantitative estimate of drug-likeness (QED) is 0.129. The van der Waals surface area contributed by atoms with E-state index in [1.807, 2.05) is 72.8 Å². The van der Waals surface area contributed by atoms with Gasteiger partial charge in [-0.1, -0.05) is 115 Å². The minimum atomic E-state index is 0.237. The van der Waals surface area contributed by atoms with Gasteiger partial charge in [-0.25, -0.2) is 0 Å². The predicted molar refractivity (Wildman–Crippen MR) is 241 cm³/mol. The average Bonchev–Trinajstić information content (AvgIpc) is 3.95. The van der Waals surface area contributed by atoms with Gasteiger partial charge in [0.2, 0.25) is 0 Å². The van der Waals surface area contributed by atoms with E-state index in [2.05, 4.69) is 147 Å². The van der Waals surface area contributed by atoms with E-state index in [-0.39, 0.29) is 11.7 Å². The SMILES string of the molecule is N=C(c1ccccc1)N(C(=N)c1ccccc1)c1ccc(-n2c3cc4ccn(-c5ccccc5)c4cc3c3cc4c5ccccc5n(-c5ccccc5)c4cc32)cc1. The lowest BCUT2D eigenvalue weighted by atomic mass is 10.1. The van der Waals surface area contributed by atoms with Crippen molar-refractivity contribution in [2.75, 3.05) is 4.90 Å². The lowest BCUT2D eigenvalue weighted by Gasteiger charge is -2.26. The Morgan fingerprint density at radius 3 is 1.48 bits per heavy atom. The Morgan fingerprint density at radius 2 is 0.845 bits per heavy atom. The van der Waals surface area contributed by atoms with Crippen molar-refractivity contribution in [1.29, 1.82) is 10.8 Å². The summed E-state index contributed by atoms with van der Waals surface area (Å²) in [6.07, 6.45) is 2.16. The number of nitrogens with zero attached hydrogens (tertiary/aromatic N) is 4. The molecule has 3 aromatic heterocycles. The van der Waals surface area contributed by atoms with Gasteiger partial charge < -0.3 is 13.7 Å². The molecule has 0 spiro atoms. The third-order valence-corrected chi connectivity index (χ3v) is 11.3. The Bertz CT molecular complexity index is 3290. The van der Waals surface area contributed by atoms with Crippen LogP contribution >= 0.6 is 0 Å². The molecule has 11 rings (SSSR count). The van der Waals surface area contributed by atoms with Crippen molar-refractivity contribution in [3.05, 3.63) is 218 Å². The van der Waals surface area contributed by atoms with Gasteiger partial charge in [0.05, 0.1) is 27.6 Å². The van der Waals surface area contributed by atoms with Gasteiger partial charge >= 0.3 is 0 Å². The Hall–Kier alpha value is -7.96. The van der Waals surface area contributed by atoms with Gasteiger partial charge in [-0.05, 0) is 84.9 Å². The molecule has 0 saturated carbocycles. The van der Waals surface area contributed by atoms with Crippen LogP contribution in [0, 0.1) is 10.8 Å². The van der Waals surface area contributed by atoms with Crippen molar-refractivity contribution < 1.29 is 0 Å². The van der Waals surface area contributed by atoms with Crippen LogP contribution in [0.4, 0.5) is 5.69 Å². The van der Waals surface area contributed by atoms with Crippen molar-refractivity contribution in [2.45, 2.75) is 0 Å². The number of para-hydroxylation sites is 3. The van der Waals surface area contributed by atoms with Gasteiger partial charge in [0.25, 0.3) is 0 Å². The second-order valence-corrected chi connectivity index (χ2v) is 14.6. The molecule has 6 heteroatoms. The molecule has 8 aromatic carbocycles. The summed E-state index contributed by atoms with van der Waals surface area (Å²) >= 11 is 0. The highest BCUT2D eigenvalue weighted by Gasteiger charge is 2.23. The average molecular weight is 745 g/mol. The fourth-order valence-electron chi connectivity index (χ4n) is 8.62. The van der Waals surface area contributed by atoms with Gasteiger partial charge in [0, 0.05) is 67.0 Å². The monoisotopic (exact) mass is 744 g/mol. The number of anilines is 1. The molecule has 0 saturated heterocycles. The van der Waals surface area contributed by atoms with Crippen LogP contribution in [0.25, 0.3) is 71.6 Å². The first-order chi connectivity index (χ1) is 28.6. The highest BCUT2D eigenvalue weighted by atomic mass is 15.2. The Labute approximate surface area is 334 Å². The van der Waals surface area contributed by atoms with E-state index in [0.29, 0.717) is 0 Å². The molecular weight excluding hydrogens is 709 g/mol. The molecule has 0 aliphatic heterocycles. The number of rotatable bonds is 6. The summed E-state index contributed by atoms with van der Waals surface area (Å²) in [6, 6.07) is 69.0. The normalized spacial score (nSPS) is 11.6. The first kappa shape index (κ1) is 33.4. The molecule has 0 aliphatic carbocycles. The zero-order valence-electron chi connectivity index (χ0n) is 31.4. The molecule has 2 N–H and O–H groups in total. The molecule has 0 unspecified atom stereocenters. The van der Waals surface area contributed by atoms with E-state index < -0.39 is 0 Å². The largest absolute Gasteiger partial charge is 0.317 e. The van der Waals surface area contributed by atoms with Crippen LogP contribution in [-0.2, 0) is 0 Å². The van der Waals surface area contributed by atoms with Crippen LogP contribution in [0.15, 0.2) is 206 Å². The van der Waals surface area contributed by atoms with Gasteiger partial charge in [-0.15, -0.1) is 0 Å². The molecule has 0 fully saturated rings. The van der Waals surface area contributed by atoms with Crippen LogP contribution in [0.2, 0.25) is 0 Å². The molecule has 274 valence electrons. The fraction of sp³-hybridized carbons (Fsp3) is 0. The Balaban J connectivity index is 1.16. The van der Waals surface area contributed by atoms with Crippen LogP contribution in [0.5, 0.6) is 0 Å². The molecule has 6 nitrogen and oxygen atoms in total. The summed E-state index contributed by atoms with van der Waals surface area (Å²) in [5.74, 6) is 0.473. The third kappa shape index (κ3) is 5.27. The van der Waals surface area contributed by atoms with E-state index in [1.54, 1.807) is 4.90 Å². The molecule has 0 amide bonds. The Morgan fingerprint density at radius 1 is 0.362 bits per heavy atom. The highest BCUT2D eigenvalue weighted by molar-refractivity contribution is 6.27. The summed E-state index contributed by atoms with van der Waals surface area (Å²) in [5.41, 5.74) is 11.1. The summed E-state index contributed by atoms with van der Waals surface area (Å²) in [4.78, 5) is 1.72. The van der Waals surface area contributed by atoms with E-state index in [0.717, 1.165) is 61.3 Å². The van der Waals surface area contributed by atoms with Crippen molar-refractivity contribution in [3.8, 4) is 17.1 Å². The van der Waals surface area contributed by atoms with Crippen molar-refractivity contribution in [2.24, 2.45) is 0 Å². The zero-order chi connectivity index (χ0) is 38.7. The zero-order valence-corrected chi connectivity index (χ0v) is 31.4. The van der Waals surface area contributed by atoms with Gasteiger partial charge in [0.1, 0.15) is 11.7 Å². The van der Waals surface area contributed by atoms with E-state index in [9.17, 15) is 10.8 Å². The maximum atomic E-state index is 9.34. The minimum absolute atomic E-state index is 0.237. The molecule has 0 atom stereocenters. The molecule has 58 heavy (non-hydrogen) atoms. The lowest BCUT2D eigenvalue weighted by molar-refractivity contribution is 1.13. The van der Waals surface area contributed by atoms with Crippen LogP contribution in [0.1, 0.15) is 11.1 Å². The maximum absolute atomic E-state index is 9.34. The van der Waals surface area contributed by atoms with E-state index >= 15 is 0 Å². The molecule has 0 radical (unpaired) electrons. The number of benzene rings is 8. The van der Waals surface area contributed by atoms with Crippen molar-refractivity contribution >= 4 is 71.9 Å². The highest BCUT2D eigenvalue weighted by Crippen LogP contribution is 2.41. The lowest BCUT2D eigenvalue weighted by Crippen LogP contribution is -2.37. The molecule has 3 heterocycles. The standard InChI is InChI=1S/C52H36N6/c53-51(35-15-5-1-6-16-35)58(52(54)36-17-7-2-8-18-36)41-27-25-40(26-28-41)57-48-31-37-29-30-55(38-19-9-3-10-20-38)47(37)33-45(48)44-32-43-42-23-13-14-24-46(42)56(49(43)34-50(44)57)39-21-11-4-12-22-39/h1-34,53-54H. The number of fused-ring (bicyclic) bond motifs is 7. The summed E-state index contributed by atoms with van der Waals surface area (Å²) in [6.45, 7) is 0. The van der Waals surface area contributed by atoms with Crippen LogP contribution in [-0.4, -0.2) is 25.4 Å². The van der Waals surface area contributed by atoms with Crippen LogP contribution in [0.3, 0.4) is 0 Å². The van der Waals surface area contributed by atoms with Gasteiger partial charge in [0.15, 0.2) is 0 Å². The molecule has 0 aliphatic rings. The van der Waals surface area contributed by atoms with Crippen molar-refractivity contribution in [1.82, 2.24) is 13.7 Å². The smallest absolute Gasteiger partial charge is 0.138 e. The third-order valence-electron chi connectivity index (χ3n) is 11.3. The number of hydrogen-bond donors (Lipinski definition) is 2. The van der Waals surface area contributed by atoms with E-state index in [1.165, 1.54) is 27.1 Å². The van der Waals surface area contributed by atoms with Gasteiger partial charge in [-0.2, -0.15) is 0 Å². The maximum Gasteiger partial charge on any atom is 0.138 e. The number of aromatic nitrogens is 3. The topological polar surface area (TPSA) is 65.7 Å². The predicted octanol–water partition coefficient (Wildman–Crippen LogP) is 12.7. The molecule has 11 aromatic rings. The second kappa shape index (κ2) is 13.4. The number of nitrogens with one attached hydrogen (secondary N) is 2. The first-order valence-corrected chi connectivity index (χ1v) is 19.4. The molecule has 0 bridgehead atoms. The summed E-state index contributed by atoms with van der Waals surface area (Å²) in [7, 11) is 0. The fourth-order valence-corrected chi connectivity index (χ4v) is 8.62. The second-order valence-electron chi connectivity index (χ2n) is 14.6. The Kier molecular flexibility index (Phi) is 7.69. The first-order valence-electron chi connectivity index (χ1n) is 19.4. The summed E-state index contributed by atoms with van der Waals surface area (Å²) in [5, 5.41) is 24.6. The minimum Gasteiger partial charge on any atom is -0.317 e.